The van der Waals surface area contributed by atoms with Crippen molar-refractivity contribution < 1.29 is 36.5 Å². The van der Waals surface area contributed by atoms with Crippen LogP contribution in [0.4, 0.5) is 0 Å². The van der Waals surface area contributed by atoms with Crippen LogP contribution in [0.1, 0.15) is 58.3 Å². The van der Waals surface area contributed by atoms with Crippen LogP contribution in [-0.4, -0.2) is 75.5 Å². The molecule has 0 amide bonds. The van der Waals surface area contributed by atoms with Gasteiger partial charge in [0, 0.05) is 24.3 Å². The average molecular weight is 436 g/mol. The topological polar surface area (TPSA) is 110 Å². The van der Waals surface area contributed by atoms with Crippen LogP contribution < -0.4 is 0 Å². The molecule has 0 aliphatic heterocycles. The zero-order valence-electron chi connectivity index (χ0n) is 18.1. The van der Waals surface area contributed by atoms with Crippen molar-refractivity contribution in [2.45, 2.75) is 58.3 Å². The Morgan fingerprint density at radius 3 is 1.90 bits per heavy atom. The fourth-order valence-corrected chi connectivity index (χ4v) is 3.12. The average Bonchev–Trinajstić information content (AvgIpc) is 2.60. The van der Waals surface area contributed by atoms with Crippen LogP contribution in [-0.2, 0) is 29.2 Å². The van der Waals surface area contributed by atoms with E-state index in [2.05, 4.69) is 6.92 Å². The Morgan fingerprint density at radius 2 is 1.34 bits per heavy atom. The standard InChI is InChI=1S/C20H37NO7S/c1-4-5-6-7-8-9-10-16-27-19(22)12-13-20(23)28-17-15-21(2,3)14-11-18-29(24,25)26/h12-13H,4-11,14-18H2,1-3H3/b13-12-. The zero-order chi connectivity index (χ0) is 22.2. The highest BCUT2D eigenvalue weighted by Gasteiger charge is 2.16. The number of carbonyl (C=O) groups excluding carboxylic acids is 2. The van der Waals surface area contributed by atoms with Crippen molar-refractivity contribution >= 4 is 22.1 Å². The summed E-state index contributed by atoms with van der Waals surface area (Å²) >= 11 is 0. The lowest BCUT2D eigenvalue weighted by Gasteiger charge is -2.29. The van der Waals surface area contributed by atoms with Gasteiger partial charge in [-0.2, -0.15) is 0 Å². The maximum absolute atomic E-state index is 11.6. The fraction of sp³-hybridized carbons (Fsp3) is 0.800. The summed E-state index contributed by atoms with van der Waals surface area (Å²) in [4.78, 5) is 23.2. The van der Waals surface area contributed by atoms with Gasteiger partial charge in [-0.15, -0.1) is 0 Å². The molecule has 29 heavy (non-hydrogen) atoms. The van der Waals surface area contributed by atoms with E-state index in [1.54, 1.807) is 0 Å². The van der Waals surface area contributed by atoms with Gasteiger partial charge < -0.3 is 18.5 Å². The van der Waals surface area contributed by atoms with Crippen molar-refractivity contribution in [1.29, 1.82) is 0 Å². The molecule has 0 unspecified atom stereocenters. The van der Waals surface area contributed by atoms with E-state index < -0.39 is 27.8 Å². The van der Waals surface area contributed by atoms with E-state index in [1.165, 1.54) is 25.7 Å². The van der Waals surface area contributed by atoms with Crippen LogP contribution in [0, 0.1) is 0 Å². The van der Waals surface area contributed by atoms with Crippen molar-refractivity contribution in [2.75, 3.05) is 46.2 Å². The summed E-state index contributed by atoms with van der Waals surface area (Å²) in [5, 5.41) is 0. The first kappa shape index (κ1) is 27.5. The van der Waals surface area contributed by atoms with E-state index in [1.807, 2.05) is 14.1 Å². The van der Waals surface area contributed by atoms with E-state index in [0.717, 1.165) is 31.4 Å². The van der Waals surface area contributed by atoms with Crippen molar-refractivity contribution in [1.82, 2.24) is 0 Å². The first-order valence-corrected chi connectivity index (χ1v) is 11.9. The Kier molecular flexibility index (Phi) is 14.6. The van der Waals surface area contributed by atoms with E-state index in [9.17, 15) is 22.6 Å². The van der Waals surface area contributed by atoms with E-state index in [-0.39, 0.29) is 13.0 Å². The van der Waals surface area contributed by atoms with E-state index >= 15 is 0 Å². The third-order valence-electron chi connectivity index (χ3n) is 4.45. The van der Waals surface area contributed by atoms with Crippen LogP contribution >= 0.6 is 0 Å². The number of hydrogen-bond acceptors (Lipinski definition) is 7. The quantitative estimate of drug-likeness (QED) is 0.113. The van der Waals surface area contributed by atoms with Crippen LogP contribution in [0.3, 0.4) is 0 Å². The van der Waals surface area contributed by atoms with Crippen molar-refractivity contribution in [2.24, 2.45) is 0 Å². The van der Waals surface area contributed by atoms with E-state index in [0.29, 0.717) is 24.2 Å². The molecule has 0 rings (SSSR count). The second-order valence-electron chi connectivity index (χ2n) is 7.79. The lowest BCUT2D eigenvalue weighted by atomic mass is 10.1. The summed E-state index contributed by atoms with van der Waals surface area (Å²) < 4.78 is 42.3. The molecule has 0 bridgehead atoms. The minimum atomic E-state index is -4.21. The molecule has 0 saturated heterocycles. The number of esters is 2. The van der Waals surface area contributed by atoms with Gasteiger partial charge >= 0.3 is 11.9 Å². The molecule has 0 aromatic heterocycles. The van der Waals surface area contributed by atoms with Gasteiger partial charge in [0.25, 0.3) is 0 Å². The number of carbonyl (C=O) groups is 2. The Balaban J connectivity index is 3.84. The maximum atomic E-state index is 11.6. The summed E-state index contributed by atoms with van der Waals surface area (Å²) in [5.41, 5.74) is 0. The molecule has 8 nitrogen and oxygen atoms in total. The second kappa shape index (κ2) is 15.4. The number of unbranched alkanes of at least 4 members (excludes halogenated alkanes) is 6. The number of hydrogen-bond donors (Lipinski definition) is 0. The third kappa shape index (κ3) is 19.6. The van der Waals surface area contributed by atoms with Gasteiger partial charge in [0.15, 0.2) is 0 Å². The summed E-state index contributed by atoms with van der Waals surface area (Å²) in [6, 6.07) is 0. The lowest BCUT2D eigenvalue weighted by molar-refractivity contribution is -0.890. The highest BCUT2D eigenvalue weighted by atomic mass is 32.2. The molecule has 9 heteroatoms. The Morgan fingerprint density at radius 1 is 0.828 bits per heavy atom. The number of quaternary nitrogens is 1. The van der Waals surface area contributed by atoms with Crippen LogP contribution in [0.25, 0.3) is 0 Å². The molecule has 0 aliphatic carbocycles. The number of rotatable bonds is 17. The van der Waals surface area contributed by atoms with Gasteiger partial charge in [-0.3, -0.25) is 0 Å². The van der Waals surface area contributed by atoms with Crippen molar-refractivity contribution in [3.63, 3.8) is 0 Å². The van der Waals surface area contributed by atoms with Crippen LogP contribution in [0.5, 0.6) is 0 Å². The minimum absolute atomic E-state index is 0.118. The molecule has 0 heterocycles. The molecule has 0 aliphatic rings. The SMILES string of the molecule is CCCCCCCCCOC(=O)/C=C\C(=O)OCC[N+](C)(C)CCCS(=O)(=O)[O-]. The largest absolute Gasteiger partial charge is 0.748 e. The normalized spacial score (nSPS) is 12.3. The Labute approximate surface area is 175 Å². The molecule has 0 atom stereocenters. The monoisotopic (exact) mass is 435 g/mol. The second-order valence-corrected chi connectivity index (χ2v) is 9.31. The molecule has 0 fully saturated rings. The highest BCUT2D eigenvalue weighted by Crippen LogP contribution is 2.07. The van der Waals surface area contributed by atoms with Crippen molar-refractivity contribution in [3.8, 4) is 0 Å². The highest BCUT2D eigenvalue weighted by molar-refractivity contribution is 7.85. The molecule has 0 aromatic rings. The van der Waals surface area contributed by atoms with Gasteiger partial charge in [0.2, 0.25) is 0 Å². The molecule has 0 radical (unpaired) electrons. The fourth-order valence-electron chi connectivity index (χ4n) is 2.64. The number of likely N-dealkylation sites (N-methyl/N-ethyl adjacent to an activating group) is 1. The van der Waals surface area contributed by atoms with Gasteiger partial charge in [0.1, 0.15) is 13.2 Å². The van der Waals surface area contributed by atoms with Gasteiger partial charge in [-0.05, 0) is 6.42 Å². The molecule has 0 spiro atoms. The van der Waals surface area contributed by atoms with Crippen molar-refractivity contribution in [3.05, 3.63) is 12.2 Å². The lowest BCUT2D eigenvalue weighted by Crippen LogP contribution is -2.43. The first-order chi connectivity index (χ1) is 13.6. The van der Waals surface area contributed by atoms with Crippen LogP contribution in [0.2, 0.25) is 0 Å². The van der Waals surface area contributed by atoms with Gasteiger partial charge in [0.05, 0.1) is 37.4 Å². The molecule has 0 saturated carbocycles. The number of ether oxygens (including phenoxy) is 2. The molecular formula is C20H37NO7S. The third-order valence-corrected chi connectivity index (χ3v) is 5.24. The maximum Gasteiger partial charge on any atom is 0.331 e. The van der Waals surface area contributed by atoms with Gasteiger partial charge in [-0.25, -0.2) is 18.0 Å². The number of nitrogens with zero attached hydrogens (tertiary/aromatic N) is 1. The zero-order valence-corrected chi connectivity index (χ0v) is 18.9. The summed E-state index contributed by atoms with van der Waals surface area (Å²) in [5.74, 6) is -1.61. The summed E-state index contributed by atoms with van der Waals surface area (Å²) in [6.07, 6.45) is 10.3. The first-order valence-electron chi connectivity index (χ1n) is 10.3. The molecule has 0 aromatic carbocycles. The van der Waals surface area contributed by atoms with Gasteiger partial charge in [-0.1, -0.05) is 45.4 Å². The predicted molar refractivity (Wildman–Crippen MR) is 110 cm³/mol. The van der Waals surface area contributed by atoms with E-state index in [4.69, 9.17) is 9.47 Å². The molecular weight excluding hydrogens is 398 g/mol. The minimum Gasteiger partial charge on any atom is -0.748 e. The Bertz CT molecular complexity index is 600. The van der Waals surface area contributed by atoms with Crippen LogP contribution in [0.15, 0.2) is 12.2 Å². The summed E-state index contributed by atoms with van der Waals surface area (Å²) in [6.45, 7) is 3.57. The summed E-state index contributed by atoms with van der Waals surface area (Å²) in [7, 11) is -0.511. The smallest absolute Gasteiger partial charge is 0.331 e. The molecule has 170 valence electrons. The molecule has 0 N–H and O–H groups in total. The predicted octanol–water partition coefficient (Wildman–Crippen LogP) is 2.39. The Hall–Kier alpha value is -1.45.